The van der Waals surface area contributed by atoms with Gasteiger partial charge < -0.3 is 5.73 Å². The Morgan fingerprint density at radius 3 is 2.58 bits per heavy atom. The zero-order valence-corrected chi connectivity index (χ0v) is 11.4. The van der Waals surface area contributed by atoms with Crippen molar-refractivity contribution in [1.82, 2.24) is 0 Å². The molecule has 1 amide bonds. The Hall–Kier alpha value is -1.93. The van der Waals surface area contributed by atoms with Crippen LogP contribution in [0.1, 0.15) is 18.9 Å². The molecule has 0 atom stereocenters. The van der Waals surface area contributed by atoms with Gasteiger partial charge in [-0.15, -0.1) is 0 Å². The molecule has 0 bridgehead atoms. The predicted octanol–water partition coefficient (Wildman–Crippen LogP) is 0.905. The Kier molecular flexibility index (Phi) is 4.62. The van der Waals surface area contributed by atoms with Crippen molar-refractivity contribution < 1.29 is 17.8 Å². The predicted molar refractivity (Wildman–Crippen MR) is 71.5 cm³/mol. The van der Waals surface area contributed by atoms with Gasteiger partial charge in [0.25, 0.3) is 10.1 Å². The van der Waals surface area contributed by atoms with Gasteiger partial charge in [-0.25, -0.2) is 0 Å². The van der Waals surface area contributed by atoms with E-state index in [0.717, 1.165) is 0 Å². The van der Waals surface area contributed by atoms with Gasteiger partial charge in [0.15, 0.2) is 0 Å². The summed E-state index contributed by atoms with van der Waals surface area (Å²) in [7, 11) is -4.21. The van der Waals surface area contributed by atoms with Gasteiger partial charge in [0.2, 0.25) is 5.91 Å². The second-order valence-corrected chi connectivity index (χ2v) is 5.48. The van der Waals surface area contributed by atoms with Crippen molar-refractivity contribution in [2.45, 2.75) is 25.2 Å². The molecule has 0 heterocycles. The summed E-state index contributed by atoms with van der Waals surface area (Å²) in [6, 6.07) is 4.04. The molecule has 0 saturated heterocycles. The lowest BCUT2D eigenvalue weighted by molar-refractivity contribution is -0.116. The van der Waals surface area contributed by atoms with Crippen molar-refractivity contribution in [1.29, 1.82) is 0 Å². The van der Waals surface area contributed by atoms with Crippen LogP contribution in [0.15, 0.2) is 28.2 Å². The molecule has 19 heavy (non-hydrogen) atoms. The highest BCUT2D eigenvalue weighted by Gasteiger charge is 2.10. The first-order chi connectivity index (χ1) is 8.70. The first kappa shape index (κ1) is 15.1. The van der Waals surface area contributed by atoms with Crippen LogP contribution in [0.2, 0.25) is 0 Å². The maximum Gasteiger partial charge on any atom is 0.294 e. The molecular weight excluding hydrogens is 270 g/mol. The summed E-state index contributed by atoms with van der Waals surface area (Å²) in [5, 5.41) is 3.94. The summed E-state index contributed by atoms with van der Waals surface area (Å²) in [6.45, 7) is 3.30. The summed E-state index contributed by atoms with van der Waals surface area (Å²) in [4.78, 5) is 10.5. The van der Waals surface area contributed by atoms with E-state index in [1.807, 2.05) is 0 Å². The van der Waals surface area contributed by atoms with Gasteiger partial charge in [-0.2, -0.15) is 13.5 Å². The molecule has 4 N–H and O–H groups in total. The molecule has 8 heteroatoms. The molecule has 0 radical (unpaired) electrons. The van der Waals surface area contributed by atoms with E-state index in [0.29, 0.717) is 17.0 Å². The number of benzene rings is 1. The van der Waals surface area contributed by atoms with Crippen LogP contribution in [0.3, 0.4) is 0 Å². The third kappa shape index (κ3) is 4.68. The normalized spacial score (nSPS) is 12.3. The zero-order chi connectivity index (χ0) is 14.6. The first-order valence-electron chi connectivity index (χ1n) is 5.36. The number of carbonyl (C=O) groups is 1. The molecule has 104 valence electrons. The topological polar surface area (TPSA) is 122 Å². The number of nitrogens with zero attached hydrogens (tertiary/aromatic N) is 1. The second-order valence-electron chi connectivity index (χ2n) is 4.05. The first-order valence-corrected chi connectivity index (χ1v) is 6.80. The number of anilines is 1. The standard InChI is InChI=1S/C11H15N3O4S/c1-7-5-9(19(16,17)18)3-4-10(7)14-13-8(2)6-11(12)15/h3-5,14H,6H2,1-2H3,(H2,12,15)(H,16,17,18)/b13-8+. The average Bonchev–Trinajstić information content (AvgIpc) is 2.25. The van der Waals surface area contributed by atoms with Crippen molar-refractivity contribution in [3.05, 3.63) is 23.8 Å². The van der Waals surface area contributed by atoms with Crippen molar-refractivity contribution in [2.24, 2.45) is 10.8 Å². The molecular formula is C11H15N3O4S. The number of amides is 1. The highest BCUT2D eigenvalue weighted by atomic mass is 32.2. The lowest BCUT2D eigenvalue weighted by atomic mass is 10.2. The van der Waals surface area contributed by atoms with Crippen LogP contribution in [0.25, 0.3) is 0 Å². The number of nitrogens with two attached hydrogens (primary N) is 1. The molecule has 0 unspecified atom stereocenters. The molecule has 1 aromatic carbocycles. The minimum atomic E-state index is -4.21. The summed E-state index contributed by atoms with van der Waals surface area (Å²) >= 11 is 0. The number of nitrogens with one attached hydrogen (secondary N) is 1. The lowest BCUT2D eigenvalue weighted by Crippen LogP contribution is -2.15. The van der Waals surface area contributed by atoms with E-state index < -0.39 is 16.0 Å². The largest absolute Gasteiger partial charge is 0.369 e. The van der Waals surface area contributed by atoms with Gasteiger partial charge in [0, 0.05) is 5.71 Å². The van der Waals surface area contributed by atoms with E-state index in [9.17, 15) is 13.2 Å². The van der Waals surface area contributed by atoms with E-state index >= 15 is 0 Å². The van der Waals surface area contributed by atoms with E-state index in [1.54, 1.807) is 13.8 Å². The number of hydrogen-bond donors (Lipinski definition) is 3. The maximum absolute atomic E-state index is 10.9. The van der Waals surface area contributed by atoms with E-state index in [1.165, 1.54) is 18.2 Å². The molecule has 0 saturated carbocycles. The molecule has 0 fully saturated rings. The Morgan fingerprint density at radius 1 is 1.47 bits per heavy atom. The average molecular weight is 285 g/mol. The van der Waals surface area contributed by atoms with E-state index in [4.69, 9.17) is 10.3 Å². The van der Waals surface area contributed by atoms with Gasteiger partial charge in [-0.05, 0) is 37.6 Å². The second kappa shape index (κ2) is 5.81. The van der Waals surface area contributed by atoms with Crippen LogP contribution < -0.4 is 11.2 Å². The summed E-state index contributed by atoms with van der Waals surface area (Å²) in [5.74, 6) is -0.485. The number of carbonyl (C=O) groups excluding carboxylic acids is 1. The minimum Gasteiger partial charge on any atom is -0.369 e. The van der Waals surface area contributed by atoms with Gasteiger partial charge in [0.1, 0.15) is 0 Å². The lowest BCUT2D eigenvalue weighted by Gasteiger charge is -2.07. The van der Waals surface area contributed by atoms with Crippen LogP contribution >= 0.6 is 0 Å². The van der Waals surface area contributed by atoms with Crippen LogP contribution in [0.5, 0.6) is 0 Å². The maximum atomic E-state index is 10.9. The summed E-state index contributed by atoms with van der Waals surface area (Å²) in [6.07, 6.45) is 0.0369. The van der Waals surface area contributed by atoms with Crippen LogP contribution in [0.4, 0.5) is 5.69 Å². The third-order valence-corrected chi connectivity index (χ3v) is 3.14. The number of primary amides is 1. The van der Waals surface area contributed by atoms with Crippen molar-refractivity contribution >= 4 is 27.4 Å². The molecule has 0 aliphatic rings. The van der Waals surface area contributed by atoms with Gasteiger partial charge >= 0.3 is 0 Å². The van der Waals surface area contributed by atoms with Crippen LogP contribution in [-0.4, -0.2) is 24.6 Å². The van der Waals surface area contributed by atoms with E-state index in [2.05, 4.69) is 10.5 Å². The van der Waals surface area contributed by atoms with E-state index in [-0.39, 0.29) is 11.3 Å². The number of hydrogen-bond acceptors (Lipinski definition) is 5. The zero-order valence-electron chi connectivity index (χ0n) is 10.5. The van der Waals surface area contributed by atoms with Gasteiger partial charge in [0.05, 0.1) is 17.0 Å². The highest BCUT2D eigenvalue weighted by molar-refractivity contribution is 7.85. The summed E-state index contributed by atoms with van der Waals surface area (Å²) in [5.41, 5.74) is 9.38. The van der Waals surface area contributed by atoms with Crippen molar-refractivity contribution in [3.8, 4) is 0 Å². The molecule has 0 aliphatic heterocycles. The smallest absolute Gasteiger partial charge is 0.294 e. The number of hydrazone groups is 1. The van der Waals surface area contributed by atoms with Crippen LogP contribution in [-0.2, 0) is 14.9 Å². The monoisotopic (exact) mass is 285 g/mol. The molecule has 7 nitrogen and oxygen atoms in total. The SMILES string of the molecule is C/C(CC(N)=O)=N\Nc1ccc(S(=O)(=O)O)cc1C. The molecule has 1 aromatic rings. The highest BCUT2D eigenvalue weighted by Crippen LogP contribution is 2.19. The Bertz CT molecular complexity index is 623. The van der Waals surface area contributed by atoms with Gasteiger partial charge in [-0.1, -0.05) is 0 Å². The fourth-order valence-electron chi connectivity index (χ4n) is 1.37. The molecule has 0 aromatic heterocycles. The Labute approximate surface area is 111 Å². The Morgan fingerprint density at radius 2 is 2.11 bits per heavy atom. The van der Waals surface area contributed by atoms with Gasteiger partial charge in [-0.3, -0.25) is 14.8 Å². The quantitative estimate of drug-likeness (QED) is 0.421. The fourth-order valence-corrected chi connectivity index (χ4v) is 1.94. The van der Waals surface area contributed by atoms with Crippen LogP contribution in [0, 0.1) is 6.92 Å². The number of aryl methyl sites for hydroxylation is 1. The molecule has 0 aliphatic carbocycles. The Balaban J connectivity index is 2.90. The minimum absolute atomic E-state index is 0.0369. The van der Waals surface area contributed by atoms with Crippen molar-refractivity contribution in [2.75, 3.05) is 5.43 Å². The summed E-state index contributed by atoms with van der Waals surface area (Å²) < 4.78 is 30.8. The molecule has 0 spiro atoms. The number of rotatable bonds is 5. The fraction of sp³-hybridized carbons (Fsp3) is 0.273. The third-order valence-electron chi connectivity index (χ3n) is 2.29. The van der Waals surface area contributed by atoms with Crippen molar-refractivity contribution in [3.63, 3.8) is 0 Å². The molecule has 1 rings (SSSR count).